The fourth-order valence-electron chi connectivity index (χ4n) is 1.54. The summed E-state index contributed by atoms with van der Waals surface area (Å²) in [6, 6.07) is 9.62. The molecule has 19 heavy (non-hydrogen) atoms. The zero-order valence-electron chi connectivity index (χ0n) is 10.2. The Kier molecular flexibility index (Phi) is 4.29. The van der Waals surface area contributed by atoms with Crippen LogP contribution in [0.4, 0.5) is 0 Å². The zero-order valence-corrected chi connectivity index (χ0v) is 11.7. The highest BCUT2D eigenvalue weighted by Gasteiger charge is 2.12. The number of benzene rings is 1. The Labute approximate surface area is 120 Å². The van der Waals surface area contributed by atoms with E-state index in [0.717, 1.165) is 10.5 Å². The Bertz CT molecular complexity index is 631. The summed E-state index contributed by atoms with van der Waals surface area (Å²) in [5, 5.41) is 12.7. The summed E-state index contributed by atoms with van der Waals surface area (Å²) in [5.74, 6) is -0.0292. The molecule has 0 saturated heterocycles. The van der Waals surface area contributed by atoms with Gasteiger partial charge in [0, 0.05) is 16.7 Å². The Balaban J connectivity index is 2.36. The van der Waals surface area contributed by atoms with Crippen LogP contribution in [0.1, 0.15) is 11.1 Å². The minimum absolute atomic E-state index is 0.0292. The lowest BCUT2D eigenvalue weighted by molar-refractivity contribution is 0.318. The van der Waals surface area contributed by atoms with Crippen LogP contribution in [0.25, 0.3) is 0 Å². The molecule has 1 aromatic carbocycles. The molecule has 98 valence electrons. The van der Waals surface area contributed by atoms with Crippen molar-refractivity contribution in [1.29, 1.82) is 0 Å². The Morgan fingerprint density at radius 1 is 1.42 bits per heavy atom. The summed E-state index contributed by atoms with van der Waals surface area (Å²) in [7, 11) is 0. The second-order valence-electron chi connectivity index (χ2n) is 3.88. The van der Waals surface area contributed by atoms with E-state index in [4.69, 9.17) is 22.5 Å². The number of pyridine rings is 1. The number of hydrogen-bond donors (Lipinski definition) is 2. The molecule has 1 aromatic heterocycles. The number of nitrogens with zero attached hydrogens (tertiary/aromatic N) is 2. The molecule has 0 aliphatic rings. The van der Waals surface area contributed by atoms with Crippen LogP contribution < -0.4 is 5.73 Å². The summed E-state index contributed by atoms with van der Waals surface area (Å²) >= 11 is 7.65. The highest BCUT2D eigenvalue weighted by molar-refractivity contribution is 7.99. The molecule has 0 bridgehead atoms. The number of hydrogen-bond acceptors (Lipinski definition) is 4. The van der Waals surface area contributed by atoms with Crippen molar-refractivity contribution in [2.24, 2.45) is 10.9 Å². The monoisotopic (exact) mass is 293 g/mol. The number of nitrogens with two attached hydrogens (primary N) is 1. The van der Waals surface area contributed by atoms with Crippen LogP contribution >= 0.6 is 23.4 Å². The molecule has 1 heterocycles. The normalized spacial score (nSPS) is 11.6. The second kappa shape index (κ2) is 5.95. The van der Waals surface area contributed by atoms with Gasteiger partial charge in [-0.05, 0) is 25.1 Å². The van der Waals surface area contributed by atoms with Crippen molar-refractivity contribution in [2.75, 3.05) is 0 Å². The van der Waals surface area contributed by atoms with Gasteiger partial charge in [0.15, 0.2) is 5.84 Å². The first-order valence-corrected chi connectivity index (χ1v) is 6.68. The fourth-order valence-corrected chi connectivity index (χ4v) is 2.79. The van der Waals surface area contributed by atoms with Gasteiger partial charge in [-0.2, -0.15) is 0 Å². The summed E-state index contributed by atoms with van der Waals surface area (Å²) in [6.45, 7) is 2.02. The van der Waals surface area contributed by atoms with Gasteiger partial charge in [0.25, 0.3) is 0 Å². The molecule has 0 radical (unpaired) electrons. The van der Waals surface area contributed by atoms with Gasteiger partial charge in [-0.3, -0.25) is 0 Å². The topological polar surface area (TPSA) is 71.5 Å². The van der Waals surface area contributed by atoms with Gasteiger partial charge >= 0.3 is 0 Å². The minimum atomic E-state index is -0.0292. The van der Waals surface area contributed by atoms with Crippen LogP contribution in [0.15, 0.2) is 51.6 Å². The fraction of sp³-hybridized carbons (Fsp3) is 0.0769. The van der Waals surface area contributed by atoms with E-state index in [2.05, 4.69) is 10.1 Å². The number of oxime groups is 1. The molecule has 4 nitrogen and oxygen atoms in total. The molecule has 0 aliphatic carbocycles. The van der Waals surface area contributed by atoms with Crippen LogP contribution in [0.5, 0.6) is 0 Å². The molecule has 0 spiro atoms. The third-order valence-corrected chi connectivity index (χ3v) is 3.93. The van der Waals surface area contributed by atoms with Crippen molar-refractivity contribution in [1.82, 2.24) is 4.98 Å². The van der Waals surface area contributed by atoms with Crippen molar-refractivity contribution in [2.45, 2.75) is 16.8 Å². The van der Waals surface area contributed by atoms with E-state index in [1.54, 1.807) is 12.3 Å². The Morgan fingerprint density at radius 2 is 2.21 bits per heavy atom. The number of aromatic nitrogens is 1. The highest BCUT2D eigenvalue weighted by Crippen LogP contribution is 2.33. The number of rotatable bonds is 3. The van der Waals surface area contributed by atoms with E-state index in [-0.39, 0.29) is 5.84 Å². The minimum Gasteiger partial charge on any atom is -0.409 e. The maximum Gasteiger partial charge on any atom is 0.171 e. The number of aryl methyl sites for hydroxylation is 1. The highest BCUT2D eigenvalue weighted by atomic mass is 35.5. The van der Waals surface area contributed by atoms with E-state index in [9.17, 15) is 0 Å². The average molecular weight is 294 g/mol. The standard InChI is InChI=1S/C13H12ClN3OS/c1-8-3-2-4-9(7-8)19-13-11(14)10(5-6-16-13)12(15)17-18/h2-7,18H,1H3,(H2,15,17). The first-order valence-electron chi connectivity index (χ1n) is 5.48. The lowest BCUT2D eigenvalue weighted by atomic mass is 10.2. The maximum atomic E-state index is 8.71. The van der Waals surface area contributed by atoms with E-state index >= 15 is 0 Å². The number of halogens is 1. The SMILES string of the molecule is Cc1cccc(Sc2nccc(/C(N)=N/O)c2Cl)c1. The molecule has 2 rings (SSSR count). The van der Waals surface area contributed by atoms with Gasteiger partial charge in [0.05, 0.1) is 5.02 Å². The molecule has 2 aromatic rings. The molecule has 0 aliphatic heterocycles. The van der Waals surface area contributed by atoms with Crippen LogP contribution in [-0.4, -0.2) is 16.0 Å². The van der Waals surface area contributed by atoms with Crippen LogP contribution in [-0.2, 0) is 0 Å². The van der Waals surface area contributed by atoms with Gasteiger partial charge in [-0.25, -0.2) is 4.98 Å². The molecule has 0 unspecified atom stereocenters. The average Bonchev–Trinajstić information content (AvgIpc) is 2.40. The molecule has 0 atom stereocenters. The molecular weight excluding hydrogens is 282 g/mol. The molecule has 0 saturated carbocycles. The predicted molar refractivity (Wildman–Crippen MR) is 77.1 cm³/mol. The molecule has 6 heteroatoms. The zero-order chi connectivity index (χ0) is 13.8. The molecule has 0 fully saturated rings. The second-order valence-corrected chi connectivity index (χ2v) is 5.32. The first-order chi connectivity index (χ1) is 9.11. The largest absolute Gasteiger partial charge is 0.409 e. The maximum absolute atomic E-state index is 8.71. The summed E-state index contributed by atoms with van der Waals surface area (Å²) in [6.07, 6.45) is 1.58. The van der Waals surface area contributed by atoms with Gasteiger partial charge in [-0.1, -0.05) is 46.2 Å². The lowest BCUT2D eigenvalue weighted by Gasteiger charge is -2.07. The van der Waals surface area contributed by atoms with Crippen molar-refractivity contribution in [3.05, 3.63) is 52.7 Å². The van der Waals surface area contributed by atoms with Crippen molar-refractivity contribution in [3.63, 3.8) is 0 Å². The lowest BCUT2D eigenvalue weighted by Crippen LogP contribution is -2.14. The predicted octanol–water partition coefficient (Wildman–Crippen LogP) is 3.29. The number of amidine groups is 1. The smallest absolute Gasteiger partial charge is 0.171 e. The van der Waals surface area contributed by atoms with Gasteiger partial charge in [0.2, 0.25) is 0 Å². The van der Waals surface area contributed by atoms with E-state index < -0.39 is 0 Å². The quantitative estimate of drug-likeness (QED) is 0.394. The van der Waals surface area contributed by atoms with Gasteiger partial charge in [-0.15, -0.1) is 0 Å². The van der Waals surface area contributed by atoms with Crippen molar-refractivity contribution in [3.8, 4) is 0 Å². The van der Waals surface area contributed by atoms with Gasteiger partial charge < -0.3 is 10.9 Å². The summed E-state index contributed by atoms with van der Waals surface area (Å²) in [5.41, 5.74) is 7.19. The third kappa shape index (κ3) is 3.19. The van der Waals surface area contributed by atoms with E-state index in [1.165, 1.54) is 11.8 Å². The van der Waals surface area contributed by atoms with Crippen LogP contribution in [0.2, 0.25) is 5.02 Å². The van der Waals surface area contributed by atoms with E-state index in [1.807, 2.05) is 31.2 Å². The molecule has 3 N–H and O–H groups in total. The van der Waals surface area contributed by atoms with Crippen LogP contribution in [0.3, 0.4) is 0 Å². The summed E-state index contributed by atoms with van der Waals surface area (Å²) < 4.78 is 0. The van der Waals surface area contributed by atoms with Crippen molar-refractivity contribution < 1.29 is 5.21 Å². The first kappa shape index (κ1) is 13.7. The van der Waals surface area contributed by atoms with Crippen molar-refractivity contribution >= 4 is 29.2 Å². The Morgan fingerprint density at radius 3 is 2.89 bits per heavy atom. The van der Waals surface area contributed by atoms with E-state index in [0.29, 0.717) is 15.6 Å². The third-order valence-electron chi connectivity index (χ3n) is 2.44. The molecule has 0 amide bonds. The summed E-state index contributed by atoms with van der Waals surface area (Å²) in [4.78, 5) is 5.25. The molecular formula is C13H12ClN3OS. The van der Waals surface area contributed by atoms with Crippen LogP contribution in [0, 0.1) is 6.92 Å². The van der Waals surface area contributed by atoms with Gasteiger partial charge in [0.1, 0.15) is 5.03 Å². The Hall–Kier alpha value is -1.72.